The molecule has 2 aliphatic heterocycles. The molecule has 2 fully saturated rings. The summed E-state index contributed by atoms with van der Waals surface area (Å²) < 4.78 is 1.18. The second-order valence-electron chi connectivity index (χ2n) is 15.3. The van der Waals surface area contributed by atoms with Gasteiger partial charge in [0.2, 0.25) is 0 Å². The van der Waals surface area contributed by atoms with Gasteiger partial charge in [-0.15, -0.1) is 0 Å². The lowest BCUT2D eigenvalue weighted by Gasteiger charge is -2.62. The van der Waals surface area contributed by atoms with Gasteiger partial charge in [-0.3, -0.25) is 0 Å². The van der Waals surface area contributed by atoms with Gasteiger partial charge in [-0.25, -0.2) is 0 Å². The summed E-state index contributed by atoms with van der Waals surface area (Å²) in [5.41, 5.74) is 4.73. The quantitative estimate of drug-likeness (QED) is 0.266. The molecule has 0 aromatic rings. The normalized spacial score (nSPS) is 40.4. The summed E-state index contributed by atoms with van der Waals surface area (Å²) in [5.74, 6) is 2.80. The minimum absolute atomic E-state index is 0.225. The first-order valence-corrected chi connectivity index (χ1v) is 19.1. The van der Waals surface area contributed by atoms with Crippen LogP contribution in [0.4, 0.5) is 0 Å². The van der Waals surface area contributed by atoms with E-state index in [0.717, 1.165) is 19.3 Å². The second-order valence-corrected chi connectivity index (χ2v) is 17.4. The third-order valence-electron chi connectivity index (χ3n) is 11.9. The van der Waals surface area contributed by atoms with E-state index in [9.17, 15) is 0 Å². The molecule has 46 heavy (non-hydrogen) atoms. The highest BCUT2D eigenvalue weighted by atomic mass is 79.9. The Morgan fingerprint density at radius 2 is 1.02 bits per heavy atom. The number of nitrogens with zero attached hydrogens (tertiary/aromatic N) is 2. The zero-order valence-corrected chi connectivity index (χ0v) is 30.3. The van der Waals surface area contributed by atoms with Crippen molar-refractivity contribution in [3.8, 4) is 0 Å². The largest absolute Gasteiger partial charge is 0.361 e. The Hall–Kier alpha value is -2.56. The number of halogens is 2. The van der Waals surface area contributed by atoms with Crippen LogP contribution >= 0.6 is 31.9 Å². The highest BCUT2D eigenvalue weighted by Gasteiger charge is 2.57. The van der Waals surface area contributed by atoms with Crippen molar-refractivity contribution in [2.24, 2.45) is 40.9 Å². The lowest BCUT2D eigenvalue weighted by atomic mass is 9.53. The fraction of sp³-hybridized carbons (Fsp3) is 0.429. The monoisotopic (exact) mass is 736 g/mol. The molecule has 2 nitrogen and oxygen atoms in total. The smallest absolute Gasteiger partial charge is 0.0545 e. The number of likely N-dealkylation sites (tertiary alicyclic amines) is 2. The molecule has 0 saturated carbocycles. The third-order valence-corrected chi connectivity index (χ3v) is 13.0. The lowest BCUT2D eigenvalue weighted by molar-refractivity contribution is -0.0489. The summed E-state index contributed by atoms with van der Waals surface area (Å²) in [6, 6.07) is 1.39. The van der Waals surface area contributed by atoms with Crippen LogP contribution in [0.15, 0.2) is 143 Å². The summed E-state index contributed by atoms with van der Waals surface area (Å²) in [7, 11) is 0. The standard InChI is InChI=1S/C42H46Br2N2/c1-42(2,3)27-20-22-30(23-21-27)45-36-16-8-4-12-32(36)40(33-13-5-9-17-37(33)45)41-34-14-6-10-18-38(34)46(39-19-11-7-15-35(39)41)31-25-28(43)24-29(44)26-31/h4-20,22,24-25,29,32-41H,21,23,26H2,1-3H3. The SMILES string of the molecule is CC(C)(C)C1=CC=C(N2C3C=CC=CC3C(C3C4C=CC=CC4N(C4=CC(Br)=CC(Br)C4)C4C=CC=CC34)C3C=CC=CC32)CC1. The molecular weight excluding hydrogens is 692 g/mol. The minimum Gasteiger partial charge on any atom is -0.361 e. The van der Waals surface area contributed by atoms with Crippen molar-refractivity contribution in [3.63, 3.8) is 0 Å². The van der Waals surface area contributed by atoms with Crippen LogP contribution in [0.3, 0.4) is 0 Å². The highest BCUT2D eigenvalue weighted by Crippen LogP contribution is 2.57. The average molecular weight is 739 g/mol. The molecule has 8 aliphatic rings. The summed E-state index contributed by atoms with van der Waals surface area (Å²) in [6.45, 7) is 7.06. The number of rotatable bonds is 3. The molecule has 8 rings (SSSR count). The molecule has 0 aromatic heterocycles. The number of piperidine rings is 2. The Labute approximate surface area is 293 Å². The second kappa shape index (κ2) is 12.2. The van der Waals surface area contributed by atoms with Crippen LogP contribution in [0.2, 0.25) is 0 Å². The van der Waals surface area contributed by atoms with Crippen LogP contribution in [0.25, 0.3) is 0 Å². The molecule has 0 radical (unpaired) electrons. The molecule has 9 atom stereocenters. The summed E-state index contributed by atoms with van der Waals surface area (Å²) >= 11 is 7.77. The predicted molar refractivity (Wildman–Crippen MR) is 200 cm³/mol. The van der Waals surface area contributed by atoms with E-state index in [2.05, 4.69) is 184 Å². The molecule has 0 aromatic carbocycles. The number of alkyl halides is 1. The maximum absolute atomic E-state index is 3.93. The van der Waals surface area contributed by atoms with E-state index in [-0.39, 0.29) is 5.41 Å². The minimum atomic E-state index is 0.225. The fourth-order valence-corrected chi connectivity index (χ4v) is 11.6. The Morgan fingerprint density at radius 3 is 1.41 bits per heavy atom. The van der Waals surface area contributed by atoms with Crippen molar-refractivity contribution in [2.45, 2.75) is 69.0 Å². The molecule has 0 N–H and O–H groups in total. The molecule has 2 heterocycles. The van der Waals surface area contributed by atoms with Crippen LogP contribution < -0.4 is 0 Å². The maximum Gasteiger partial charge on any atom is 0.0545 e. The number of allylic oxidation sites excluding steroid dienone is 16. The van der Waals surface area contributed by atoms with Crippen molar-refractivity contribution in [1.82, 2.24) is 9.80 Å². The van der Waals surface area contributed by atoms with Gasteiger partial charge in [0.15, 0.2) is 0 Å². The topological polar surface area (TPSA) is 6.48 Å². The van der Waals surface area contributed by atoms with E-state index in [4.69, 9.17) is 0 Å². The Morgan fingerprint density at radius 1 is 0.587 bits per heavy atom. The fourth-order valence-electron chi connectivity index (χ4n) is 10.0. The molecule has 9 unspecified atom stereocenters. The van der Waals surface area contributed by atoms with E-state index in [1.807, 2.05) is 0 Å². The molecule has 0 amide bonds. The van der Waals surface area contributed by atoms with Gasteiger partial charge >= 0.3 is 0 Å². The zero-order valence-electron chi connectivity index (χ0n) is 27.2. The van der Waals surface area contributed by atoms with Crippen molar-refractivity contribution in [1.29, 1.82) is 0 Å². The Kier molecular flexibility index (Phi) is 8.12. The lowest BCUT2D eigenvalue weighted by Crippen LogP contribution is -2.64. The molecule has 0 bridgehead atoms. The van der Waals surface area contributed by atoms with Gasteiger partial charge in [-0.05, 0) is 42.2 Å². The highest BCUT2D eigenvalue weighted by molar-refractivity contribution is 9.12. The molecule has 2 saturated heterocycles. The maximum atomic E-state index is 3.93. The summed E-state index contributed by atoms with van der Waals surface area (Å²) in [4.78, 5) is 5.94. The molecule has 4 heteroatoms. The van der Waals surface area contributed by atoms with Gasteiger partial charge in [0.05, 0.1) is 24.2 Å². The summed E-state index contributed by atoms with van der Waals surface area (Å²) in [6.07, 6.45) is 51.7. The third kappa shape index (κ3) is 5.27. The van der Waals surface area contributed by atoms with Gasteiger partial charge in [0.25, 0.3) is 0 Å². The van der Waals surface area contributed by atoms with Gasteiger partial charge in [0.1, 0.15) is 0 Å². The van der Waals surface area contributed by atoms with Crippen molar-refractivity contribution in [2.75, 3.05) is 0 Å². The first kappa shape index (κ1) is 30.8. The molecule has 0 spiro atoms. The van der Waals surface area contributed by atoms with Crippen molar-refractivity contribution >= 4 is 31.9 Å². The predicted octanol–water partition coefficient (Wildman–Crippen LogP) is 10.3. The van der Waals surface area contributed by atoms with Gasteiger partial charge < -0.3 is 9.80 Å². The van der Waals surface area contributed by atoms with Gasteiger partial charge in [-0.2, -0.15) is 0 Å². The van der Waals surface area contributed by atoms with Gasteiger partial charge in [0, 0.05) is 50.8 Å². The summed E-state index contributed by atoms with van der Waals surface area (Å²) in [5, 5.41) is 0. The van der Waals surface area contributed by atoms with Gasteiger partial charge in [-0.1, -0.05) is 168 Å². The molecule has 6 aliphatic carbocycles. The van der Waals surface area contributed by atoms with E-state index < -0.39 is 0 Å². The van der Waals surface area contributed by atoms with Crippen LogP contribution in [0.1, 0.15) is 40.0 Å². The zero-order chi connectivity index (χ0) is 31.6. The van der Waals surface area contributed by atoms with Crippen LogP contribution in [0.5, 0.6) is 0 Å². The van der Waals surface area contributed by atoms with E-state index in [1.165, 1.54) is 15.9 Å². The number of hydrogen-bond acceptors (Lipinski definition) is 2. The van der Waals surface area contributed by atoms with Crippen molar-refractivity contribution < 1.29 is 0 Å². The van der Waals surface area contributed by atoms with Crippen LogP contribution in [0, 0.1) is 40.9 Å². The number of fused-ring (bicyclic) bond motifs is 4. The Bertz CT molecular complexity index is 1540. The van der Waals surface area contributed by atoms with Crippen LogP contribution in [-0.4, -0.2) is 38.8 Å². The Balaban J connectivity index is 1.22. The average Bonchev–Trinajstić information content (AvgIpc) is 3.05. The van der Waals surface area contributed by atoms with E-state index in [1.54, 1.807) is 5.57 Å². The molecular formula is C42H46Br2N2. The first-order valence-electron chi connectivity index (χ1n) is 17.4. The van der Waals surface area contributed by atoms with E-state index >= 15 is 0 Å². The molecule has 238 valence electrons. The number of hydrogen-bond donors (Lipinski definition) is 0. The first-order chi connectivity index (χ1) is 22.3. The van der Waals surface area contributed by atoms with Crippen LogP contribution in [-0.2, 0) is 0 Å². The van der Waals surface area contributed by atoms with E-state index in [0.29, 0.717) is 64.5 Å². The van der Waals surface area contributed by atoms with Crippen molar-refractivity contribution in [3.05, 3.63) is 143 Å².